The number of hydrogen-bond acceptors (Lipinski definition) is 4. The molecule has 1 N–H and O–H groups in total. The van der Waals surface area contributed by atoms with E-state index in [-0.39, 0.29) is 5.97 Å². The van der Waals surface area contributed by atoms with Gasteiger partial charge >= 0.3 is 5.97 Å². The maximum atomic E-state index is 11.7. The van der Waals surface area contributed by atoms with Crippen LogP contribution in [0.1, 0.15) is 24.5 Å². The van der Waals surface area contributed by atoms with Crippen LogP contribution in [-0.4, -0.2) is 32.3 Å². The molecule has 1 atom stereocenters. The molecule has 0 aliphatic rings. The van der Waals surface area contributed by atoms with Gasteiger partial charge in [-0.1, -0.05) is 18.2 Å². The molecule has 0 amide bonds. The zero-order valence-electron chi connectivity index (χ0n) is 12.4. The standard InChI is InChI=1S/C15H23NO3/c1-11-7-6-8-12(2)13(11)19-10-9-15(3,16-4)14(17)18-5/h6-8,16H,9-10H2,1-5H3. The van der Waals surface area contributed by atoms with E-state index < -0.39 is 5.54 Å². The lowest BCUT2D eigenvalue weighted by Gasteiger charge is -2.26. The lowest BCUT2D eigenvalue weighted by atomic mass is 9.99. The number of carbonyl (C=O) groups excluding carboxylic acids is 1. The van der Waals surface area contributed by atoms with Gasteiger partial charge in [0.1, 0.15) is 11.3 Å². The average Bonchev–Trinajstić information content (AvgIpc) is 2.40. The predicted octanol–water partition coefficient (Wildman–Crippen LogP) is 2.22. The molecule has 106 valence electrons. The van der Waals surface area contributed by atoms with Crippen LogP contribution in [0.25, 0.3) is 0 Å². The molecular weight excluding hydrogens is 242 g/mol. The van der Waals surface area contributed by atoms with Gasteiger partial charge in [-0.3, -0.25) is 4.79 Å². The molecule has 4 heteroatoms. The van der Waals surface area contributed by atoms with Gasteiger partial charge in [0.15, 0.2) is 0 Å². The van der Waals surface area contributed by atoms with E-state index in [2.05, 4.69) is 5.32 Å². The van der Waals surface area contributed by atoms with Gasteiger partial charge in [0.05, 0.1) is 13.7 Å². The van der Waals surface area contributed by atoms with Crippen LogP contribution in [0, 0.1) is 13.8 Å². The summed E-state index contributed by atoms with van der Waals surface area (Å²) in [7, 11) is 3.14. The molecule has 0 aromatic heterocycles. The minimum Gasteiger partial charge on any atom is -0.493 e. The monoisotopic (exact) mass is 265 g/mol. The van der Waals surface area contributed by atoms with Crippen molar-refractivity contribution in [1.82, 2.24) is 5.32 Å². The Morgan fingerprint density at radius 2 is 1.89 bits per heavy atom. The first kappa shape index (κ1) is 15.5. The van der Waals surface area contributed by atoms with Crippen LogP contribution >= 0.6 is 0 Å². The molecule has 4 nitrogen and oxygen atoms in total. The Balaban J connectivity index is 2.65. The zero-order valence-corrected chi connectivity index (χ0v) is 12.4. The predicted molar refractivity (Wildman–Crippen MR) is 75.5 cm³/mol. The van der Waals surface area contributed by atoms with Crippen molar-refractivity contribution in [3.8, 4) is 5.75 Å². The summed E-state index contributed by atoms with van der Waals surface area (Å²) in [6.45, 7) is 6.30. The third-order valence-electron chi connectivity index (χ3n) is 3.44. The van der Waals surface area contributed by atoms with Gasteiger partial charge in [0.25, 0.3) is 0 Å². The number of aryl methyl sites for hydroxylation is 2. The van der Waals surface area contributed by atoms with E-state index in [1.165, 1.54) is 7.11 Å². The minimum absolute atomic E-state index is 0.278. The molecule has 1 aromatic carbocycles. The molecule has 0 bridgehead atoms. The molecule has 1 rings (SSSR count). The van der Waals surface area contributed by atoms with Crippen molar-refractivity contribution in [3.63, 3.8) is 0 Å². The van der Waals surface area contributed by atoms with E-state index in [0.717, 1.165) is 16.9 Å². The fourth-order valence-corrected chi connectivity index (χ4v) is 1.94. The number of carbonyl (C=O) groups is 1. The first-order valence-corrected chi connectivity index (χ1v) is 6.41. The Morgan fingerprint density at radius 1 is 1.32 bits per heavy atom. The van der Waals surface area contributed by atoms with Crippen LogP contribution in [0.4, 0.5) is 0 Å². The molecule has 0 fully saturated rings. The quantitative estimate of drug-likeness (QED) is 0.801. The number of benzene rings is 1. The molecule has 1 unspecified atom stereocenters. The summed E-state index contributed by atoms with van der Waals surface area (Å²) in [5.74, 6) is 0.617. The number of likely N-dealkylation sites (N-methyl/N-ethyl adjacent to an activating group) is 1. The van der Waals surface area contributed by atoms with Gasteiger partial charge in [-0.15, -0.1) is 0 Å². The van der Waals surface area contributed by atoms with E-state index >= 15 is 0 Å². The smallest absolute Gasteiger partial charge is 0.325 e. The third-order valence-corrected chi connectivity index (χ3v) is 3.44. The maximum Gasteiger partial charge on any atom is 0.325 e. The van der Waals surface area contributed by atoms with Crippen molar-refractivity contribution < 1.29 is 14.3 Å². The number of nitrogens with one attached hydrogen (secondary N) is 1. The van der Waals surface area contributed by atoms with Crippen molar-refractivity contribution in [2.45, 2.75) is 32.7 Å². The normalized spacial score (nSPS) is 13.7. The Morgan fingerprint density at radius 3 is 2.37 bits per heavy atom. The molecular formula is C15H23NO3. The highest BCUT2D eigenvalue weighted by molar-refractivity contribution is 5.80. The summed E-state index contributed by atoms with van der Waals surface area (Å²) in [6.07, 6.45) is 0.546. The lowest BCUT2D eigenvalue weighted by molar-refractivity contribution is -0.148. The topological polar surface area (TPSA) is 47.6 Å². The number of rotatable bonds is 6. The summed E-state index contributed by atoms with van der Waals surface area (Å²) >= 11 is 0. The molecule has 0 spiro atoms. The Kier molecular flexibility index (Phi) is 5.36. The van der Waals surface area contributed by atoms with Crippen molar-refractivity contribution in [2.75, 3.05) is 20.8 Å². The highest BCUT2D eigenvalue weighted by atomic mass is 16.5. The Labute approximate surface area is 115 Å². The van der Waals surface area contributed by atoms with Gasteiger partial charge < -0.3 is 14.8 Å². The van der Waals surface area contributed by atoms with Gasteiger partial charge in [-0.2, -0.15) is 0 Å². The zero-order chi connectivity index (χ0) is 14.5. The largest absolute Gasteiger partial charge is 0.493 e. The van der Waals surface area contributed by atoms with Gasteiger partial charge in [-0.25, -0.2) is 0 Å². The number of hydrogen-bond donors (Lipinski definition) is 1. The second kappa shape index (κ2) is 6.57. The number of methoxy groups -OCH3 is 1. The summed E-state index contributed by atoms with van der Waals surface area (Å²) in [4.78, 5) is 11.7. The molecule has 19 heavy (non-hydrogen) atoms. The van der Waals surface area contributed by atoms with Crippen LogP contribution in [0.5, 0.6) is 5.75 Å². The molecule has 0 aliphatic heterocycles. The van der Waals surface area contributed by atoms with E-state index in [1.807, 2.05) is 39.0 Å². The van der Waals surface area contributed by atoms with Crippen LogP contribution in [-0.2, 0) is 9.53 Å². The molecule has 1 aromatic rings. The van der Waals surface area contributed by atoms with Crippen LogP contribution in [0.2, 0.25) is 0 Å². The summed E-state index contributed by atoms with van der Waals surface area (Å²) in [5.41, 5.74) is 1.49. The average molecular weight is 265 g/mol. The fourth-order valence-electron chi connectivity index (χ4n) is 1.94. The third kappa shape index (κ3) is 3.70. The second-order valence-electron chi connectivity index (χ2n) is 4.89. The number of esters is 1. The first-order valence-electron chi connectivity index (χ1n) is 6.41. The highest BCUT2D eigenvalue weighted by Gasteiger charge is 2.32. The van der Waals surface area contributed by atoms with E-state index in [0.29, 0.717) is 13.0 Å². The molecule has 0 saturated heterocycles. The first-order chi connectivity index (χ1) is 8.94. The highest BCUT2D eigenvalue weighted by Crippen LogP contribution is 2.23. The summed E-state index contributed by atoms with van der Waals surface area (Å²) in [6, 6.07) is 6.03. The van der Waals surface area contributed by atoms with Crippen molar-refractivity contribution in [3.05, 3.63) is 29.3 Å². The van der Waals surface area contributed by atoms with Gasteiger partial charge in [0, 0.05) is 6.42 Å². The number of para-hydroxylation sites is 1. The molecule has 0 radical (unpaired) electrons. The Bertz CT molecular complexity index is 425. The van der Waals surface area contributed by atoms with E-state index in [4.69, 9.17) is 9.47 Å². The van der Waals surface area contributed by atoms with E-state index in [9.17, 15) is 4.79 Å². The van der Waals surface area contributed by atoms with Crippen LogP contribution in [0.15, 0.2) is 18.2 Å². The lowest BCUT2D eigenvalue weighted by Crippen LogP contribution is -2.49. The van der Waals surface area contributed by atoms with Crippen molar-refractivity contribution >= 4 is 5.97 Å². The molecule has 0 saturated carbocycles. The SMILES string of the molecule is CNC(C)(CCOc1c(C)cccc1C)C(=O)OC. The van der Waals surface area contributed by atoms with Gasteiger partial charge in [0.2, 0.25) is 0 Å². The van der Waals surface area contributed by atoms with Crippen LogP contribution in [0.3, 0.4) is 0 Å². The maximum absolute atomic E-state index is 11.7. The second-order valence-corrected chi connectivity index (χ2v) is 4.89. The fraction of sp³-hybridized carbons (Fsp3) is 0.533. The van der Waals surface area contributed by atoms with Crippen molar-refractivity contribution in [1.29, 1.82) is 0 Å². The Hall–Kier alpha value is -1.55. The summed E-state index contributed by atoms with van der Waals surface area (Å²) in [5, 5.41) is 2.99. The summed E-state index contributed by atoms with van der Waals surface area (Å²) < 4.78 is 10.6. The molecule has 0 aliphatic carbocycles. The molecule has 0 heterocycles. The van der Waals surface area contributed by atoms with Crippen LogP contribution < -0.4 is 10.1 Å². The van der Waals surface area contributed by atoms with Gasteiger partial charge in [-0.05, 0) is 38.9 Å². The minimum atomic E-state index is -0.717. The number of ether oxygens (including phenoxy) is 2. The van der Waals surface area contributed by atoms with E-state index in [1.54, 1.807) is 7.05 Å². The van der Waals surface area contributed by atoms with Crippen molar-refractivity contribution in [2.24, 2.45) is 0 Å².